The monoisotopic (exact) mass is 357 g/mol. The van der Waals surface area contributed by atoms with Crippen LogP contribution in [0.4, 0.5) is 0 Å². The SMILES string of the molecule is Cc1cnc(-c2ccc(O[Si](C)(C)C(C)(C)C)cc2C)cc1C(=O)O. The number of carbonyl (C=O) groups is 1. The van der Waals surface area contributed by atoms with Gasteiger partial charge in [0, 0.05) is 11.8 Å². The van der Waals surface area contributed by atoms with Crippen LogP contribution in [-0.4, -0.2) is 24.4 Å². The van der Waals surface area contributed by atoms with Gasteiger partial charge in [0.25, 0.3) is 0 Å². The number of aromatic carboxylic acids is 1. The minimum atomic E-state index is -1.89. The fraction of sp³-hybridized carbons (Fsp3) is 0.400. The van der Waals surface area contributed by atoms with Crippen LogP contribution in [0, 0.1) is 13.8 Å². The lowest BCUT2D eigenvalue weighted by molar-refractivity contribution is 0.0696. The van der Waals surface area contributed by atoms with Gasteiger partial charge in [0.2, 0.25) is 8.32 Å². The Morgan fingerprint density at radius 2 is 1.76 bits per heavy atom. The van der Waals surface area contributed by atoms with Crippen molar-refractivity contribution in [2.45, 2.75) is 52.8 Å². The van der Waals surface area contributed by atoms with Gasteiger partial charge in [-0.2, -0.15) is 0 Å². The third-order valence-electron chi connectivity index (χ3n) is 4.99. The molecule has 0 atom stereocenters. The Morgan fingerprint density at radius 3 is 2.28 bits per heavy atom. The maximum Gasteiger partial charge on any atom is 0.336 e. The van der Waals surface area contributed by atoms with Crippen LogP contribution in [0.2, 0.25) is 18.1 Å². The Kier molecular flexibility index (Phi) is 5.09. The summed E-state index contributed by atoms with van der Waals surface area (Å²) in [6, 6.07) is 7.55. The van der Waals surface area contributed by atoms with Crippen LogP contribution >= 0.6 is 0 Å². The average molecular weight is 358 g/mol. The molecule has 1 N–H and O–H groups in total. The third kappa shape index (κ3) is 4.10. The van der Waals surface area contributed by atoms with E-state index in [-0.39, 0.29) is 10.6 Å². The molecule has 1 heterocycles. The van der Waals surface area contributed by atoms with Gasteiger partial charge in [0.15, 0.2) is 0 Å². The highest BCUT2D eigenvalue weighted by Crippen LogP contribution is 2.38. The zero-order valence-electron chi connectivity index (χ0n) is 16.1. The lowest BCUT2D eigenvalue weighted by Gasteiger charge is -2.36. The van der Waals surface area contributed by atoms with Crippen LogP contribution < -0.4 is 4.43 Å². The predicted octanol–water partition coefficient (Wildman–Crippen LogP) is 5.45. The molecule has 0 aliphatic rings. The number of pyridine rings is 1. The molecule has 1 aromatic heterocycles. The summed E-state index contributed by atoms with van der Waals surface area (Å²) in [6.45, 7) is 14.8. The number of carboxylic acid groups (broad SMARTS) is 1. The molecule has 134 valence electrons. The first-order chi connectivity index (χ1) is 11.4. The second kappa shape index (κ2) is 6.63. The van der Waals surface area contributed by atoms with Crippen LogP contribution in [0.5, 0.6) is 5.75 Å². The highest BCUT2D eigenvalue weighted by Gasteiger charge is 2.39. The number of hydrogen-bond acceptors (Lipinski definition) is 3. The van der Waals surface area contributed by atoms with Crippen LogP contribution in [0.15, 0.2) is 30.5 Å². The normalized spacial score (nSPS) is 12.1. The van der Waals surface area contributed by atoms with Crippen molar-refractivity contribution in [3.63, 3.8) is 0 Å². The second-order valence-electron chi connectivity index (χ2n) is 8.03. The second-order valence-corrected chi connectivity index (χ2v) is 12.8. The molecule has 4 nitrogen and oxygen atoms in total. The van der Waals surface area contributed by atoms with Gasteiger partial charge in [0.1, 0.15) is 5.75 Å². The smallest absolute Gasteiger partial charge is 0.336 e. The van der Waals surface area contributed by atoms with Gasteiger partial charge in [-0.15, -0.1) is 0 Å². The topological polar surface area (TPSA) is 59.4 Å². The van der Waals surface area contributed by atoms with Crippen molar-refractivity contribution in [1.29, 1.82) is 0 Å². The van der Waals surface area contributed by atoms with Crippen molar-refractivity contribution >= 4 is 14.3 Å². The van der Waals surface area contributed by atoms with E-state index in [1.165, 1.54) is 0 Å². The summed E-state index contributed by atoms with van der Waals surface area (Å²) in [5.41, 5.74) is 3.55. The minimum absolute atomic E-state index is 0.133. The summed E-state index contributed by atoms with van der Waals surface area (Å²) < 4.78 is 6.34. The van der Waals surface area contributed by atoms with Gasteiger partial charge in [0.05, 0.1) is 11.3 Å². The largest absolute Gasteiger partial charge is 0.543 e. The molecule has 0 unspecified atom stereocenters. The fourth-order valence-corrected chi connectivity index (χ4v) is 3.36. The number of hydrogen-bond donors (Lipinski definition) is 1. The molecule has 1 aromatic carbocycles. The molecule has 0 fully saturated rings. The van der Waals surface area contributed by atoms with Crippen LogP contribution in [0.25, 0.3) is 11.3 Å². The van der Waals surface area contributed by atoms with E-state index in [0.29, 0.717) is 11.3 Å². The van der Waals surface area contributed by atoms with E-state index in [1.807, 2.05) is 25.1 Å². The van der Waals surface area contributed by atoms with Gasteiger partial charge in [-0.3, -0.25) is 4.98 Å². The first-order valence-electron chi connectivity index (χ1n) is 8.42. The molecule has 0 aliphatic carbocycles. The number of aryl methyl sites for hydroxylation is 2. The maximum absolute atomic E-state index is 11.4. The number of aromatic nitrogens is 1. The van der Waals surface area contributed by atoms with Crippen molar-refractivity contribution in [2.24, 2.45) is 0 Å². The van der Waals surface area contributed by atoms with Crippen molar-refractivity contribution in [3.05, 3.63) is 47.2 Å². The molecular formula is C20H27NO3Si. The quantitative estimate of drug-likeness (QED) is 0.739. The summed E-state index contributed by atoms with van der Waals surface area (Å²) in [5, 5.41) is 9.44. The number of benzene rings is 1. The fourth-order valence-electron chi connectivity index (χ4n) is 2.34. The highest BCUT2D eigenvalue weighted by molar-refractivity contribution is 6.74. The van der Waals surface area contributed by atoms with E-state index in [4.69, 9.17) is 4.43 Å². The summed E-state index contributed by atoms with van der Waals surface area (Å²) in [6.07, 6.45) is 1.61. The van der Waals surface area contributed by atoms with Crippen LogP contribution in [0.3, 0.4) is 0 Å². The first-order valence-corrected chi connectivity index (χ1v) is 11.3. The van der Waals surface area contributed by atoms with Crippen molar-refractivity contribution in [3.8, 4) is 17.0 Å². The Labute approximate surface area is 151 Å². The summed E-state index contributed by atoms with van der Waals surface area (Å²) >= 11 is 0. The van der Waals surface area contributed by atoms with Crippen LogP contribution in [0.1, 0.15) is 42.3 Å². The van der Waals surface area contributed by atoms with Gasteiger partial charge < -0.3 is 9.53 Å². The summed E-state index contributed by atoms with van der Waals surface area (Å²) in [7, 11) is -1.89. The average Bonchev–Trinajstić information content (AvgIpc) is 2.46. The van der Waals surface area contributed by atoms with Crippen molar-refractivity contribution < 1.29 is 14.3 Å². The Balaban J connectivity index is 2.38. The Morgan fingerprint density at radius 1 is 1.12 bits per heavy atom. The maximum atomic E-state index is 11.4. The number of carboxylic acids is 1. The Hall–Kier alpha value is -2.14. The molecule has 5 heteroatoms. The van der Waals surface area contributed by atoms with Crippen LogP contribution in [-0.2, 0) is 0 Å². The van der Waals surface area contributed by atoms with E-state index in [0.717, 1.165) is 16.9 Å². The number of rotatable bonds is 4. The molecule has 0 saturated carbocycles. The predicted molar refractivity (Wildman–Crippen MR) is 104 cm³/mol. The lowest BCUT2D eigenvalue weighted by Crippen LogP contribution is -2.43. The molecule has 2 aromatic rings. The van der Waals surface area contributed by atoms with E-state index in [2.05, 4.69) is 38.8 Å². The summed E-state index contributed by atoms with van der Waals surface area (Å²) in [4.78, 5) is 15.8. The molecule has 0 radical (unpaired) electrons. The lowest BCUT2D eigenvalue weighted by atomic mass is 10.0. The van der Waals surface area contributed by atoms with Crippen molar-refractivity contribution in [2.75, 3.05) is 0 Å². The van der Waals surface area contributed by atoms with Gasteiger partial charge in [-0.1, -0.05) is 20.8 Å². The number of nitrogens with zero attached hydrogens (tertiary/aromatic N) is 1. The van der Waals surface area contributed by atoms with E-state index < -0.39 is 14.3 Å². The van der Waals surface area contributed by atoms with Gasteiger partial charge in [-0.25, -0.2) is 4.79 Å². The van der Waals surface area contributed by atoms with E-state index in [9.17, 15) is 9.90 Å². The van der Waals surface area contributed by atoms with Crippen molar-refractivity contribution in [1.82, 2.24) is 4.98 Å². The zero-order chi connectivity index (χ0) is 19.0. The molecule has 2 rings (SSSR count). The standard InChI is InChI=1S/C20H27NO3Si/c1-13-10-15(24-25(6,7)20(3,4)5)8-9-16(13)18-11-17(19(22)23)14(2)12-21-18/h8-12H,1-7H3,(H,22,23). The minimum Gasteiger partial charge on any atom is -0.543 e. The molecule has 0 aliphatic heterocycles. The molecule has 0 spiro atoms. The highest BCUT2D eigenvalue weighted by atomic mass is 28.4. The third-order valence-corrected chi connectivity index (χ3v) is 9.34. The first kappa shape index (κ1) is 19.2. The van der Waals surface area contributed by atoms with E-state index >= 15 is 0 Å². The Bertz CT molecular complexity index is 807. The van der Waals surface area contributed by atoms with Gasteiger partial charge >= 0.3 is 5.97 Å². The molecule has 0 bridgehead atoms. The molecule has 0 saturated heterocycles. The van der Waals surface area contributed by atoms with Gasteiger partial charge in [-0.05, 0) is 67.4 Å². The zero-order valence-corrected chi connectivity index (χ0v) is 17.1. The molecule has 0 amide bonds. The van der Waals surface area contributed by atoms with E-state index in [1.54, 1.807) is 19.2 Å². The summed E-state index contributed by atoms with van der Waals surface area (Å²) in [5.74, 6) is -0.0740. The molecular weight excluding hydrogens is 330 g/mol. The molecule has 25 heavy (non-hydrogen) atoms.